The molecule has 0 aromatic heterocycles. The fourth-order valence-corrected chi connectivity index (χ4v) is 4.34. The zero-order chi connectivity index (χ0) is 12.5. The summed E-state index contributed by atoms with van der Waals surface area (Å²) in [5.74, 6) is 3.63. The minimum atomic E-state index is -0.272. The van der Waals surface area contributed by atoms with E-state index in [4.69, 9.17) is 16.3 Å². The Labute approximate surface area is 117 Å². The highest BCUT2D eigenvalue weighted by Gasteiger charge is 2.26. The van der Waals surface area contributed by atoms with Gasteiger partial charge in [-0.05, 0) is 47.1 Å². The fraction of sp³-hybridized carbons (Fsp3) is 0.571. The number of hydrogen-bond donors (Lipinski definition) is 1. The highest BCUT2D eigenvalue weighted by molar-refractivity contribution is 7.99. The van der Waals surface area contributed by atoms with Crippen molar-refractivity contribution in [3.8, 4) is 5.75 Å². The Morgan fingerprint density at radius 3 is 3.17 bits per heavy atom. The van der Waals surface area contributed by atoms with Crippen molar-refractivity contribution in [2.45, 2.75) is 25.4 Å². The summed E-state index contributed by atoms with van der Waals surface area (Å²) in [7, 11) is 0. The van der Waals surface area contributed by atoms with Crippen LogP contribution in [0.15, 0.2) is 12.1 Å². The van der Waals surface area contributed by atoms with E-state index in [2.05, 4.69) is 0 Å². The van der Waals surface area contributed by atoms with Gasteiger partial charge < -0.3 is 9.84 Å². The number of rotatable bonds is 3. The first kappa shape index (κ1) is 12.6. The van der Waals surface area contributed by atoms with Crippen LogP contribution in [-0.4, -0.2) is 29.3 Å². The lowest BCUT2D eigenvalue weighted by Crippen LogP contribution is -2.22. The van der Waals surface area contributed by atoms with Crippen molar-refractivity contribution in [1.29, 1.82) is 0 Å². The molecule has 2 heterocycles. The zero-order valence-electron chi connectivity index (χ0n) is 10.2. The van der Waals surface area contributed by atoms with E-state index in [-0.39, 0.29) is 6.10 Å². The molecule has 18 heavy (non-hydrogen) atoms. The van der Waals surface area contributed by atoms with Crippen molar-refractivity contribution in [3.05, 3.63) is 28.3 Å². The second-order valence-corrected chi connectivity index (χ2v) is 6.63. The predicted molar refractivity (Wildman–Crippen MR) is 75.8 cm³/mol. The molecule has 1 fully saturated rings. The quantitative estimate of drug-likeness (QED) is 0.925. The molecule has 1 aromatic carbocycles. The molecule has 1 aromatic rings. The monoisotopic (exact) mass is 284 g/mol. The van der Waals surface area contributed by atoms with Crippen molar-refractivity contribution in [2.24, 2.45) is 5.92 Å². The fourth-order valence-electron chi connectivity index (χ4n) is 2.75. The molecule has 0 amide bonds. The topological polar surface area (TPSA) is 29.5 Å². The van der Waals surface area contributed by atoms with Crippen molar-refractivity contribution >= 4 is 23.4 Å². The lowest BCUT2D eigenvalue weighted by Gasteiger charge is -2.18. The maximum Gasteiger partial charge on any atom is 0.126 e. The summed E-state index contributed by atoms with van der Waals surface area (Å²) < 4.78 is 5.67. The molecule has 1 saturated heterocycles. The van der Waals surface area contributed by atoms with Crippen molar-refractivity contribution in [2.75, 3.05) is 18.1 Å². The van der Waals surface area contributed by atoms with E-state index in [1.54, 1.807) is 0 Å². The summed E-state index contributed by atoms with van der Waals surface area (Å²) in [4.78, 5) is 0. The maximum absolute atomic E-state index is 10.3. The molecule has 3 rings (SSSR count). The summed E-state index contributed by atoms with van der Waals surface area (Å²) in [6, 6.07) is 3.92. The molecule has 4 heteroatoms. The largest absolute Gasteiger partial charge is 0.493 e. The Balaban J connectivity index is 1.79. The number of fused-ring (bicyclic) bond motifs is 1. The van der Waals surface area contributed by atoms with Gasteiger partial charge in [0.2, 0.25) is 0 Å². The first-order chi connectivity index (χ1) is 8.74. The van der Waals surface area contributed by atoms with E-state index in [0.29, 0.717) is 12.3 Å². The van der Waals surface area contributed by atoms with Crippen LogP contribution >= 0.6 is 23.4 Å². The van der Waals surface area contributed by atoms with Crippen LogP contribution in [0.4, 0.5) is 0 Å². The minimum Gasteiger partial charge on any atom is -0.493 e. The van der Waals surface area contributed by atoms with Gasteiger partial charge in [0.05, 0.1) is 12.7 Å². The molecule has 0 saturated carbocycles. The Kier molecular flexibility index (Phi) is 3.73. The predicted octanol–water partition coefficient (Wildman–Crippen LogP) is 2.93. The average molecular weight is 285 g/mol. The number of hydrogen-bond acceptors (Lipinski definition) is 3. The molecule has 2 aliphatic heterocycles. The average Bonchev–Trinajstić information content (AvgIpc) is 2.98. The van der Waals surface area contributed by atoms with E-state index in [1.807, 2.05) is 23.9 Å². The lowest BCUT2D eigenvalue weighted by atomic mass is 9.94. The van der Waals surface area contributed by atoms with Crippen LogP contribution in [0.25, 0.3) is 0 Å². The molecule has 1 N–H and O–H groups in total. The van der Waals surface area contributed by atoms with E-state index in [0.717, 1.165) is 41.5 Å². The van der Waals surface area contributed by atoms with E-state index >= 15 is 0 Å². The van der Waals surface area contributed by atoms with Gasteiger partial charge in [0, 0.05) is 17.9 Å². The van der Waals surface area contributed by atoms with Crippen LogP contribution in [0.3, 0.4) is 0 Å². The zero-order valence-corrected chi connectivity index (χ0v) is 11.8. The SMILES string of the molecule is OC(Cc1cc(Cl)cc2c1OCC2)C1CCSC1. The molecule has 0 radical (unpaired) electrons. The Bertz CT molecular complexity index is 444. The number of aliphatic hydroxyl groups excluding tert-OH is 1. The van der Waals surface area contributed by atoms with Crippen LogP contribution in [0, 0.1) is 5.92 Å². The number of thioether (sulfide) groups is 1. The van der Waals surface area contributed by atoms with E-state index in [9.17, 15) is 5.11 Å². The van der Waals surface area contributed by atoms with Gasteiger partial charge in [0.25, 0.3) is 0 Å². The first-order valence-electron chi connectivity index (χ1n) is 6.44. The summed E-state index contributed by atoms with van der Waals surface area (Å²) >= 11 is 8.06. The van der Waals surface area contributed by atoms with Gasteiger partial charge in [-0.3, -0.25) is 0 Å². The van der Waals surface area contributed by atoms with Gasteiger partial charge in [-0.25, -0.2) is 0 Å². The Hall–Kier alpha value is -0.380. The first-order valence-corrected chi connectivity index (χ1v) is 7.97. The van der Waals surface area contributed by atoms with Gasteiger partial charge >= 0.3 is 0 Å². The van der Waals surface area contributed by atoms with Gasteiger partial charge in [-0.15, -0.1) is 0 Å². The van der Waals surface area contributed by atoms with Crippen molar-refractivity contribution in [3.63, 3.8) is 0 Å². The van der Waals surface area contributed by atoms with Crippen LogP contribution in [0.1, 0.15) is 17.5 Å². The number of ether oxygens (including phenoxy) is 1. The normalized spacial score (nSPS) is 23.8. The maximum atomic E-state index is 10.3. The molecule has 0 aliphatic carbocycles. The summed E-state index contributed by atoms with van der Waals surface area (Å²) in [5.41, 5.74) is 2.25. The lowest BCUT2D eigenvalue weighted by molar-refractivity contribution is 0.119. The van der Waals surface area contributed by atoms with Crippen molar-refractivity contribution in [1.82, 2.24) is 0 Å². The third kappa shape index (κ3) is 2.49. The van der Waals surface area contributed by atoms with Gasteiger partial charge in [-0.2, -0.15) is 11.8 Å². The second kappa shape index (κ2) is 5.32. The molecule has 2 atom stereocenters. The number of benzene rings is 1. The Morgan fingerprint density at radius 1 is 1.50 bits per heavy atom. The highest BCUT2D eigenvalue weighted by Crippen LogP contribution is 2.35. The summed E-state index contributed by atoms with van der Waals surface area (Å²) in [6.45, 7) is 0.734. The summed E-state index contributed by atoms with van der Waals surface area (Å²) in [6.07, 6.45) is 2.44. The molecule has 2 aliphatic rings. The van der Waals surface area contributed by atoms with Crippen LogP contribution in [0.2, 0.25) is 5.02 Å². The third-order valence-corrected chi connectivity index (χ3v) is 5.17. The van der Waals surface area contributed by atoms with Gasteiger partial charge in [0.1, 0.15) is 5.75 Å². The molecule has 0 spiro atoms. The molecule has 98 valence electrons. The van der Waals surface area contributed by atoms with Crippen LogP contribution in [-0.2, 0) is 12.8 Å². The standard InChI is InChI=1S/C14H17ClO2S/c15-12-5-9-1-3-17-14(9)11(6-12)7-13(16)10-2-4-18-8-10/h5-6,10,13,16H,1-4,7-8H2. The van der Waals surface area contributed by atoms with Gasteiger partial charge in [0.15, 0.2) is 0 Å². The van der Waals surface area contributed by atoms with Crippen molar-refractivity contribution < 1.29 is 9.84 Å². The third-order valence-electron chi connectivity index (χ3n) is 3.76. The minimum absolute atomic E-state index is 0.272. The van der Waals surface area contributed by atoms with Gasteiger partial charge in [-0.1, -0.05) is 11.6 Å². The van der Waals surface area contributed by atoms with E-state index in [1.165, 1.54) is 11.3 Å². The van der Waals surface area contributed by atoms with E-state index < -0.39 is 0 Å². The molecular weight excluding hydrogens is 268 g/mol. The smallest absolute Gasteiger partial charge is 0.126 e. The molecule has 0 bridgehead atoms. The molecular formula is C14H17ClO2S. The summed E-state index contributed by atoms with van der Waals surface area (Å²) in [5, 5.41) is 11.1. The second-order valence-electron chi connectivity index (χ2n) is 5.05. The number of aliphatic hydroxyl groups is 1. The molecule has 2 unspecified atom stereocenters. The van der Waals surface area contributed by atoms with Crippen LogP contribution < -0.4 is 4.74 Å². The highest BCUT2D eigenvalue weighted by atomic mass is 35.5. The Morgan fingerprint density at radius 2 is 2.39 bits per heavy atom. The number of halogens is 1. The van der Waals surface area contributed by atoms with Crippen LogP contribution in [0.5, 0.6) is 5.75 Å². The molecule has 2 nitrogen and oxygen atoms in total.